The minimum atomic E-state index is -0.250. The molecule has 0 aromatic rings. The molecule has 0 atom stereocenters. The van der Waals surface area contributed by atoms with Crippen LogP contribution in [0.2, 0.25) is 0 Å². The fourth-order valence-corrected chi connectivity index (χ4v) is 0. The molecule has 0 aliphatic heterocycles. The molecule has 0 aliphatic carbocycles. The molecule has 0 saturated carbocycles. The first kappa shape index (κ1) is 7.27. The minimum absolute atomic E-state index is 0. The van der Waals surface area contributed by atoms with Crippen molar-refractivity contribution in [3.63, 3.8) is 0 Å². The van der Waals surface area contributed by atoms with E-state index in [1.54, 1.807) is 0 Å². The molecule has 0 nitrogen and oxygen atoms in total. The molecule has 4 heavy (non-hydrogen) atoms. The van der Waals surface area contributed by atoms with Crippen molar-refractivity contribution in [2.75, 3.05) is 0 Å². The summed E-state index contributed by atoms with van der Waals surface area (Å²) < 4.78 is 21.8. The summed E-state index contributed by atoms with van der Waals surface area (Å²) in [6.07, 6.45) is 0. The largest absolute Gasteiger partial charge is 1.00 e. The van der Waals surface area contributed by atoms with Crippen molar-refractivity contribution in [3.8, 4) is 0 Å². The van der Waals surface area contributed by atoms with Crippen LogP contribution in [0.15, 0.2) is 0 Å². The first-order valence-electron chi connectivity index (χ1n) is 2.41. The van der Waals surface area contributed by atoms with Gasteiger partial charge in [0.1, 0.15) is 0 Å². The Balaban J connectivity index is -0.00000000181. The van der Waals surface area contributed by atoms with E-state index in [9.17, 15) is 0 Å². The first-order chi connectivity index (χ1) is 2.41. The Morgan fingerprint density at radius 1 is 2.50 bits per heavy atom. The van der Waals surface area contributed by atoms with Gasteiger partial charge in [-0.2, -0.15) is 0 Å². The van der Waals surface area contributed by atoms with Gasteiger partial charge in [0, 0.05) is 7.14 Å². The second kappa shape index (κ2) is 16.3. The fourth-order valence-electron chi connectivity index (χ4n) is 0. The fraction of sp³-hybridized carbons (Fsp3) is 1.00. The summed E-state index contributed by atoms with van der Waals surface area (Å²) >= 11 is 0. The van der Waals surface area contributed by atoms with Crippen molar-refractivity contribution >= 4 is 0 Å². The van der Waals surface area contributed by atoms with Crippen LogP contribution in [-0.4, -0.2) is 0 Å². The maximum Gasteiger partial charge on any atom is 1.00 e. The Morgan fingerprint density at radius 3 is 2.50 bits per heavy atom. The average Bonchev–Trinajstić information content (AvgIpc) is 1.46. The molecule has 0 spiro atoms. The van der Waals surface area contributed by atoms with Gasteiger partial charge in [0.15, 0.2) is 0 Å². The van der Waals surface area contributed by atoms with E-state index in [0.717, 1.165) is 0 Å². The molecule has 0 saturated heterocycles. The molecule has 0 aromatic carbocycles. The molecule has 0 fully saturated rings. The van der Waals surface area contributed by atoms with Crippen LogP contribution in [0.25, 0.3) is 0 Å². The first-order valence-corrected chi connectivity index (χ1v) is 0. The second-order valence-electron chi connectivity index (χ2n) is 0. The van der Waals surface area contributed by atoms with Crippen molar-refractivity contribution in [2.24, 2.45) is 0 Å². The molecule has 0 N–H and O–H groups in total. The van der Waals surface area contributed by atoms with E-state index in [1.807, 2.05) is 0 Å². The third-order valence-electron chi connectivity index (χ3n) is 0. The molecule has 0 unspecified atom stereocenters. The van der Waals surface area contributed by atoms with Crippen LogP contribution in [0, 0.1) is 0 Å². The maximum atomic E-state index is 5.88. The molecule has 0 radical (unpaired) electrons. The van der Waals surface area contributed by atoms with E-state index in [0.29, 0.717) is 0 Å². The Labute approximate surface area is 124 Å². The number of hydrogen-bond donors (Lipinski definition) is 0. The second-order valence-corrected chi connectivity index (χ2v) is 0. The third kappa shape index (κ3) is 8.99. The van der Waals surface area contributed by atoms with E-state index in [4.69, 9.17) is 5.71 Å². The smallest absolute Gasteiger partial charge is 1.00 e. The van der Waals surface area contributed by atoms with Crippen LogP contribution in [0.5, 0.6) is 0 Å². The van der Waals surface area contributed by atoms with Gasteiger partial charge in [-0.3, -0.25) is 0 Å². The number of hydrogen-bond acceptors (Lipinski definition) is 0. The Morgan fingerprint density at radius 2 is 2.50 bits per heavy atom. The van der Waals surface area contributed by atoms with Gasteiger partial charge in [0.05, 0.1) is 0 Å². The van der Waals surface area contributed by atoms with E-state index >= 15 is 0 Å². The molecule has 0 bridgehead atoms. The average molecular weight is 121 g/mol. The van der Waals surface area contributed by atoms with Crippen LogP contribution >= 0.6 is 0 Å². The van der Waals surface area contributed by atoms with Gasteiger partial charge in [0.25, 0.3) is 0 Å². The molecular weight excluding hydrogens is 102 g/mol. The van der Waals surface area contributed by atoms with Crippen molar-refractivity contribution in [1.82, 2.24) is 0 Å². The Bertz CT molecular complexity index is 14.4. The molecule has 0 aliphatic rings. The van der Waals surface area contributed by atoms with Gasteiger partial charge in [-0.1, -0.05) is 14.8 Å². The summed E-state index contributed by atoms with van der Waals surface area (Å²) in [7, 11) is -0.250. The van der Waals surface area contributed by atoms with Crippen molar-refractivity contribution < 1.29 is 113 Å². The zero-order valence-corrected chi connectivity index (χ0v) is 8.95. The topological polar surface area (TPSA) is 0 Å². The standard InChI is InChI=1S/2CH4.2K.2H2.2H/h2*1H4;;;2*1H;;/q;;2*+1;;;2*-1/i1D2;;;;1+1D;;1+1;. The summed E-state index contributed by atoms with van der Waals surface area (Å²) in [5.74, 6) is 0. The summed E-state index contributed by atoms with van der Waals surface area (Å²) in [4.78, 5) is 0. The molecular formula is C2H14K2. The predicted molar refractivity (Wildman–Crippen MR) is 19.9 cm³/mol. The Kier molecular flexibility index (Phi) is 29.6. The van der Waals surface area contributed by atoms with Crippen molar-refractivity contribution in [2.45, 2.75) is 14.8 Å². The van der Waals surface area contributed by atoms with Crippen molar-refractivity contribution in [3.05, 3.63) is 0 Å². The Hall–Kier alpha value is 3.27. The van der Waals surface area contributed by atoms with Gasteiger partial charge in [-0.15, -0.1) is 0 Å². The SMILES string of the molecule is C.[2H-].[2H]C[2H].[2H][2H].[H-].[HH].[K+].[K+]. The molecule has 0 amide bonds. The van der Waals surface area contributed by atoms with Crippen LogP contribution in [0.4, 0.5) is 0 Å². The maximum absolute atomic E-state index is 5.88. The normalized spacial score (nSPS) is 7.00. The summed E-state index contributed by atoms with van der Waals surface area (Å²) in [6.45, 7) is 0. The summed E-state index contributed by atoms with van der Waals surface area (Å²) in [5.41, 5.74) is 0. The summed E-state index contributed by atoms with van der Waals surface area (Å²) in [5, 5.41) is 0. The van der Waals surface area contributed by atoms with E-state index in [2.05, 4.69) is 0 Å². The van der Waals surface area contributed by atoms with Gasteiger partial charge in [0.2, 0.25) is 0 Å². The third-order valence-corrected chi connectivity index (χ3v) is 0. The van der Waals surface area contributed by atoms with Gasteiger partial charge >= 0.3 is 103 Å². The van der Waals surface area contributed by atoms with Crippen LogP contribution in [0.1, 0.15) is 24.8 Å². The van der Waals surface area contributed by atoms with Gasteiger partial charge in [-0.25, -0.2) is 0 Å². The number of rotatable bonds is 0. The van der Waals surface area contributed by atoms with Crippen LogP contribution in [0.3, 0.4) is 0 Å². The van der Waals surface area contributed by atoms with Gasteiger partial charge < -0.3 is 2.85 Å². The van der Waals surface area contributed by atoms with E-state index in [-0.39, 0.29) is 122 Å². The molecule has 24 valence electrons. The van der Waals surface area contributed by atoms with Crippen molar-refractivity contribution in [1.29, 1.82) is 0 Å². The monoisotopic (exact) mass is 121 g/mol. The quantitative estimate of drug-likeness (QED) is 0.287. The summed E-state index contributed by atoms with van der Waals surface area (Å²) in [6, 6.07) is 0. The zero-order valence-electron chi connectivity index (χ0n) is 8.71. The van der Waals surface area contributed by atoms with E-state index < -0.39 is 0 Å². The molecule has 0 rings (SSSR count). The molecule has 2 heteroatoms. The molecule has 0 aromatic heterocycles. The van der Waals surface area contributed by atoms with Crippen LogP contribution in [-0.2, 0) is 0 Å². The van der Waals surface area contributed by atoms with Gasteiger partial charge in [-0.05, 0) is 0 Å². The minimum Gasteiger partial charge on any atom is -1.00 e. The van der Waals surface area contributed by atoms with Crippen LogP contribution < -0.4 is 103 Å². The molecule has 0 heterocycles. The predicted octanol–water partition coefficient (Wildman–Crippen LogP) is -4.00. The van der Waals surface area contributed by atoms with E-state index in [1.165, 1.54) is 0 Å². The zero-order chi connectivity index (χ0) is 4.71.